The Morgan fingerprint density at radius 1 is 1.17 bits per heavy atom. The maximum absolute atomic E-state index is 12.8. The van der Waals surface area contributed by atoms with E-state index < -0.39 is 21.7 Å². The standard InChI is InChI=1S/C16H23BrN2O4S/c1-12-5-6-13(17)11-14(12)24(21,22)19-9-7-18(8-10-19)15(20)23-16(2,3)4/h5-6,11H,7-10H2,1-4H3. The Labute approximate surface area is 151 Å². The van der Waals surface area contributed by atoms with Crippen LogP contribution in [0.2, 0.25) is 0 Å². The second-order valence-corrected chi connectivity index (χ2v) is 9.60. The van der Waals surface area contributed by atoms with E-state index in [1.807, 2.05) is 26.8 Å². The first kappa shape index (κ1) is 19.2. The molecule has 1 aliphatic rings. The van der Waals surface area contributed by atoms with Crippen molar-refractivity contribution in [1.29, 1.82) is 0 Å². The maximum atomic E-state index is 12.8. The molecule has 24 heavy (non-hydrogen) atoms. The highest BCUT2D eigenvalue weighted by atomic mass is 79.9. The van der Waals surface area contributed by atoms with E-state index in [4.69, 9.17) is 4.74 Å². The summed E-state index contributed by atoms with van der Waals surface area (Å²) in [6.45, 7) is 8.35. The molecule has 0 N–H and O–H groups in total. The lowest BCUT2D eigenvalue weighted by Gasteiger charge is -2.35. The Hall–Kier alpha value is -1.12. The minimum atomic E-state index is -3.57. The molecule has 1 aliphatic heterocycles. The lowest BCUT2D eigenvalue weighted by molar-refractivity contribution is 0.0192. The maximum Gasteiger partial charge on any atom is 0.410 e. The van der Waals surface area contributed by atoms with Crippen LogP contribution >= 0.6 is 15.9 Å². The Morgan fingerprint density at radius 2 is 1.75 bits per heavy atom. The minimum Gasteiger partial charge on any atom is -0.444 e. The molecule has 0 saturated carbocycles. The molecule has 6 nitrogen and oxygen atoms in total. The summed E-state index contributed by atoms with van der Waals surface area (Å²) in [5.74, 6) is 0. The summed E-state index contributed by atoms with van der Waals surface area (Å²) in [7, 11) is -3.57. The largest absolute Gasteiger partial charge is 0.444 e. The van der Waals surface area contributed by atoms with Gasteiger partial charge in [0.1, 0.15) is 5.60 Å². The molecule has 1 fully saturated rings. The second-order valence-electron chi connectivity index (χ2n) is 6.78. The number of aryl methyl sites for hydroxylation is 1. The highest BCUT2D eigenvalue weighted by Gasteiger charge is 2.32. The van der Waals surface area contributed by atoms with E-state index in [0.717, 1.165) is 4.47 Å². The van der Waals surface area contributed by atoms with Gasteiger partial charge in [-0.2, -0.15) is 4.31 Å². The summed E-state index contributed by atoms with van der Waals surface area (Å²) in [6.07, 6.45) is -0.404. The number of carbonyl (C=O) groups is 1. The van der Waals surface area contributed by atoms with Crippen LogP contribution in [0.5, 0.6) is 0 Å². The first-order valence-electron chi connectivity index (χ1n) is 7.75. The number of sulfonamides is 1. The summed E-state index contributed by atoms with van der Waals surface area (Å²) in [4.78, 5) is 13.9. The van der Waals surface area contributed by atoms with Gasteiger partial charge in [0.2, 0.25) is 10.0 Å². The van der Waals surface area contributed by atoms with E-state index >= 15 is 0 Å². The van der Waals surface area contributed by atoms with Crippen LogP contribution in [-0.2, 0) is 14.8 Å². The van der Waals surface area contributed by atoms with Gasteiger partial charge in [-0.25, -0.2) is 13.2 Å². The number of hydrogen-bond acceptors (Lipinski definition) is 4. The summed E-state index contributed by atoms with van der Waals surface area (Å²) in [5.41, 5.74) is 0.140. The third-order valence-corrected chi connectivity index (χ3v) is 6.19. The zero-order valence-electron chi connectivity index (χ0n) is 14.4. The monoisotopic (exact) mass is 418 g/mol. The van der Waals surface area contributed by atoms with Crippen molar-refractivity contribution in [2.75, 3.05) is 26.2 Å². The quantitative estimate of drug-likeness (QED) is 0.739. The molecule has 1 heterocycles. The van der Waals surface area contributed by atoms with Crippen LogP contribution in [0.25, 0.3) is 0 Å². The number of halogens is 1. The molecule has 2 rings (SSSR count). The lowest BCUT2D eigenvalue weighted by Crippen LogP contribution is -2.51. The number of hydrogen-bond donors (Lipinski definition) is 0. The van der Waals surface area contributed by atoms with E-state index in [1.54, 1.807) is 24.0 Å². The van der Waals surface area contributed by atoms with Crippen molar-refractivity contribution in [3.8, 4) is 0 Å². The third-order valence-electron chi connectivity index (χ3n) is 3.66. The van der Waals surface area contributed by atoms with Crippen molar-refractivity contribution in [3.63, 3.8) is 0 Å². The Morgan fingerprint density at radius 3 is 2.29 bits per heavy atom. The van der Waals surface area contributed by atoms with Crippen molar-refractivity contribution in [2.24, 2.45) is 0 Å². The molecule has 8 heteroatoms. The molecular formula is C16H23BrN2O4S. The van der Waals surface area contributed by atoms with Gasteiger partial charge >= 0.3 is 6.09 Å². The van der Waals surface area contributed by atoms with Crippen molar-refractivity contribution >= 4 is 32.0 Å². The van der Waals surface area contributed by atoms with Gasteiger partial charge in [0.25, 0.3) is 0 Å². The molecule has 1 saturated heterocycles. The molecule has 134 valence electrons. The molecule has 0 unspecified atom stereocenters. The first-order valence-corrected chi connectivity index (χ1v) is 9.98. The molecule has 0 spiro atoms. The SMILES string of the molecule is Cc1ccc(Br)cc1S(=O)(=O)N1CCN(C(=O)OC(C)(C)C)CC1. The predicted molar refractivity (Wildman–Crippen MR) is 95.4 cm³/mol. The Kier molecular flexibility index (Phi) is 5.61. The number of ether oxygens (including phenoxy) is 1. The van der Waals surface area contributed by atoms with E-state index in [0.29, 0.717) is 23.5 Å². The van der Waals surface area contributed by atoms with Crippen LogP contribution in [0, 0.1) is 6.92 Å². The van der Waals surface area contributed by atoms with Crippen LogP contribution < -0.4 is 0 Å². The van der Waals surface area contributed by atoms with Gasteiger partial charge in [-0.3, -0.25) is 0 Å². The molecule has 1 aromatic carbocycles. The molecule has 0 radical (unpaired) electrons. The van der Waals surface area contributed by atoms with Gasteiger partial charge in [0.05, 0.1) is 4.90 Å². The van der Waals surface area contributed by atoms with Crippen LogP contribution in [0.3, 0.4) is 0 Å². The van der Waals surface area contributed by atoms with Gasteiger partial charge in [0, 0.05) is 30.7 Å². The zero-order chi connectivity index (χ0) is 18.1. The second kappa shape index (κ2) is 7.01. The first-order chi connectivity index (χ1) is 11.0. The van der Waals surface area contributed by atoms with Crippen LogP contribution in [0.1, 0.15) is 26.3 Å². The molecular weight excluding hydrogens is 396 g/mol. The Bertz CT molecular complexity index is 720. The number of nitrogens with zero attached hydrogens (tertiary/aromatic N) is 2. The fraction of sp³-hybridized carbons (Fsp3) is 0.562. The third kappa shape index (κ3) is 4.49. The summed E-state index contributed by atoms with van der Waals surface area (Å²) in [5, 5.41) is 0. The van der Waals surface area contributed by atoms with Crippen LogP contribution in [-0.4, -0.2) is 55.5 Å². The van der Waals surface area contributed by atoms with Gasteiger partial charge in [-0.05, 0) is 45.4 Å². The van der Waals surface area contributed by atoms with E-state index in [2.05, 4.69) is 15.9 Å². The van der Waals surface area contributed by atoms with Gasteiger partial charge < -0.3 is 9.64 Å². The summed E-state index contributed by atoms with van der Waals surface area (Å²) in [6, 6.07) is 5.20. The summed E-state index contributed by atoms with van der Waals surface area (Å²) < 4.78 is 33.1. The smallest absolute Gasteiger partial charge is 0.410 e. The molecule has 0 aromatic heterocycles. The minimum absolute atomic E-state index is 0.257. The van der Waals surface area contributed by atoms with Gasteiger partial charge in [-0.1, -0.05) is 22.0 Å². The number of benzene rings is 1. The molecule has 0 aliphatic carbocycles. The van der Waals surface area contributed by atoms with E-state index in [9.17, 15) is 13.2 Å². The Balaban J connectivity index is 2.09. The van der Waals surface area contributed by atoms with Crippen molar-refractivity contribution in [1.82, 2.24) is 9.21 Å². The van der Waals surface area contributed by atoms with Crippen LogP contribution in [0.15, 0.2) is 27.6 Å². The molecule has 1 aromatic rings. The molecule has 0 bridgehead atoms. The van der Waals surface area contributed by atoms with Gasteiger partial charge in [0.15, 0.2) is 0 Å². The predicted octanol–water partition coefficient (Wildman–Crippen LogP) is 3.00. The van der Waals surface area contributed by atoms with E-state index in [-0.39, 0.29) is 13.1 Å². The fourth-order valence-electron chi connectivity index (χ4n) is 2.43. The fourth-order valence-corrected chi connectivity index (χ4v) is 4.61. The normalized spacial score (nSPS) is 17.0. The highest BCUT2D eigenvalue weighted by molar-refractivity contribution is 9.10. The number of piperazine rings is 1. The molecule has 0 atom stereocenters. The number of rotatable bonds is 2. The lowest BCUT2D eigenvalue weighted by atomic mass is 10.2. The topological polar surface area (TPSA) is 66.9 Å². The van der Waals surface area contributed by atoms with Crippen molar-refractivity contribution in [3.05, 3.63) is 28.2 Å². The zero-order valence-corrected chi connectivity index (χ0v) is 16.8. The molecule has 1 amide bonds. The summed E-state index contributed by atoms with van der Waals surface area (Å²) >= 11 is 3.32. The van der Waals surface area contributed by atoms with Crippen molar-refractivity contribution in [2.45, 2.75) is 38.2 Å². The average Bonchev–Trinajstić information content (AvgIpc) is 2.48. The number of carbonyl (C=O) groups excluding carboxylic acids is 1. The van der Waals surface area contributed by atoms with Crippen LogP contribution in [0.4, 0.5) is 4.79 Å². The highest BCUT2D eigenvalue weighted by Crippen LogP contribution is 2.25. The average molecular weight is 419 g/mol. The van der Waals surface area contributed by atoms with E-state index in [1.165, 1.54) is 4.31 Å². The van der Waals surface area contributed by atoms with Crippen molar-refractivity contribution < 1.29 is 17.9 Å². The van der Waals surface area contributed by atoms with Gasteiger partial charge in [-0.15, -0.1) is 0 Å². The number of amides is 1.